The molecule has 0 saturated heterocycles. The quantitative estimate of drug-likeness (QED) is 0.911. The van der Waals surface area contributed by atoms with Gasteiger partial charge >= 0.3 is 5.97 Å². The summed E-state index contributed by atoms with van der Waals surface area (Å²) in [6, 6.07) is 9.19. The molecule has 0 spiro atoms. The van der Waals surface area contributed by atoms with Crippen molar-refractivity contribution in [1.82, 2.24) is 4.98 Å². The van der Waals surface area contributed by atoms with E-state index in [0.717, 1.165) is 5.69 Å². The standard InChI is InChI=1S/C14H11ClN2O3/c1-8-3-2-4-12(16-8)13(18)17-11-6-5-9(14(19)20)7-10(11)15/h2-7H,1H3,(H,17,18)(H,19,20). The van der Waals surface area contributed by atoms with Crippen molar-refractivity contribution in [2.45, 2.75) is 6.92 Å². The van der Waals surface area contributed by atoms with Gasteiger partial charge in [-0.3, -0.25) is 4.79 Å². The van der Waals surface area contributed by atoms with E-state index in [1.165, 1.54) is 18.2 Å². The molecule has 102 valence electrons. The number of pyridine rings is 1. The molecule has 1 aromatic heterocycles. The summed E-state index contributed by atoms with van der Waals surface area (Å²) in [5.41, 5.74) is 1.39. The van der Waals surface area contributed by atoms with Gasteiger partial charge in [0.05, 0.1) is 16.3 Å². The van der Waals surface area contributed by atoms with Crippen LogP contribution in [0.1, 0.15) is 26.5 Å². The van der Waals surface area contributed by atoms with Gasteiger partial charge in [0.1, 0.15) is 5.69 Å². The van der Waals surface area contributed by atoms with Crippen LogP contribution in [0, 0.1) is 6.92 Å². The maximum atomic E-state index is 12.0. The maximum Gasteiger partial charge on any atom is 0.335 e. The molecule has 0 fully saturated rings. The van der Waals surface area contributed by atoms with Gasteiger partial charge in [-0.15, -0.1) is 0 Å². The number of aromatic nitrogens is 1. The highest BCUT2D eigenvalue weighted by Crippen LogP contribution is 2.23. The lowest BCUT2D eigenvalue weighted by molar-refractivity contribution is 0.0696. The minimum absolute atomic E-state index is 0.0571. The average Bonchev–Trinajstić information content (AvgIpc) is 2.40. The van der Waals surface area contributed by atoms with Crippen molar-refractivity contribution in [2.75, 3.05) is 5.32 Å². The third kappa shape index (κ3) is 3.13. The number of anilines is 1. The zero-order valence-electron chi connectivity index (χ0n) is 10.6. The zero-order valence-corrected chi connectivity index (χ0v) is 11.3. The van der Waals surface area contributed by atoms with E-state index < -0.39 is 11.9 Å². The number of hydrogen-bond acceptors (Lipinski definition) is 3. The van der Waals surface area contributed by atoms with Crippen molar-refractivity contribution in [3.63, 3.8) is 0 Å². The largest absolute Gasteiger partial charge is 0.478 e. The van der Waals surface area contributed by atoms with Crippen molar-refractivity contribution in [3.8, 4) is 0 Å². The fourth-order valence-electron chi connectivity index (χ4n) is 1.61. The number of carbonyl (C=O) groups is 2. The minimum Gasteiger partial charge on any atom is -0.478 e. The molecular formula is C14H11ClN2O3. The Hall–Kier alpha value is -2.40. The van der Waals surface area contributed by atoms with Crippen LogP contribution in [0.25, 0.3) is 0 Å². The van der Waals surface area contributed by atoms with Crippen LogP contribution in [-0.2, 0) is 0 Å². The van der Waals surface area contributed by atoms with Crippen LogP contribution in [0.15, 0.2) is 36.4 Å². The summed E-state index contributed by atoms with van der Waals surface area (Å²) in [6.45, 7) is 1.78. The SMILES string of the molecule is Cc1cccc(C(=O)Nc2ccc(C(=O)O)cc2Cl)n1. The van der Waals surface area contributed by atoms with Crippen LogP contribution >= 0.6 is 11.6 Å². The number of aromatic carboxylic acids is 1. The second-order valence-electron chi connectivity index (χ2n) is 4.12. The van der Waals surface area contributed by atoms with Crippen LogP contribution in [0.5, 0.6) is 0 Å². The van der Waals surface area contributed by atoms with Gasteiger partial charge in [0, 0.05) is 5.69 Å². The molecule has 0 aliphatic carbocycles. The molecule has 2 rings (SSSR count). The summed E-state index contributed by atoms with van der Waals surface area (Å²) in [7, 11) is 0. The van der Waals surface area contributed by atoms with Crippen LogP contribution in [0.3, 0.4) is 0 Å². The van der Waals surface area contributed by atoms with E-state index >= 15 is 0 Å². The smallest absolute Gasteiger partial charge is 0.335 e. The number of carbonyl (C=O) groups excluding carboxylic acids is 1. The summed E-state index contributed by atoms with van der Waals surface area (Å²) < 4.78 is 0. The monoisotopic (exact) mass is 290 g/mol. The van der Waals surface area contributed by atoms with Gasteiger partial charge in [-0.25, -0.2) is 9.78 Å². The Morgan fingerprint density at radius 2 is 2.00 bits per heavy atom. The zero-order chi connectivity index (χ0) is 14.7. The lowest BCUT2D eigenvalue weighted by atomic mass is 10.2. The van der Waals surface area contributed by atoms with E-state index in [0.29, 0.717) is 5.69 Å². The highest BCUT2D eigenvalue weighted by Gasteiger charge is 2.12. The molecule has 0 aliphatic rings. The summed E-state index contributed by atoms with van der Waals surface area (Å²) in [6.07, 6.45) is 0. The Kier molecular flexibility index (Phi) is 4.00. The number of nitrogens with zero attached hydrogens (tertiary/aromatic N) is 1. The van der Waals surface area contributed by atoms with Crippen molar-refractivity contribution in [2.24, 2.45) is 0 Å². The number of amides is 1. The molecule has 2 aromatic rings. The Balaban J connectivity index is 2.22. The first-order valence-electron chi connectivity index (χ1n) is 5.75. The predicted molar refractivity (Wildman–Crippen MR) is 75.3 cm³/mol. The van der Waals surface area contributed by atoms with Crippen LogP contribution in [0.4, 0.5) is 5.69 Å². The number of carboxylic acids is 1. The van der Waals surface area contributed by atoms with E-state index in [1.54, 1.807) is 25.1 Å². The third-order valence-corrected chi connectivity index (χ3v) is 2.90. The molecule has 5 nitrogen and oxygen atoms in total. The molecule has 20 heavy (non-hydrogen) atoms. The molecule has 0 radical (unpaired) electrons. The average molecular weight is 291 g/mol. The van der Waals surface area contributed by atoms with E-state index in [2.05, 4.69) is 10.3 Å². The van der Waals surface area contributed by atoms with Crippen LogP contribution in [-0.4, -0.2) is 22.0 Å². The predicted octanol–water partition coefficient (Wildman–Crippen LogP) is 2.99. The molecular weight excluding hydrogens is 280 g/mol. The molecule has 1 heterocycles. The number of nitrogens with one attached hydrogen (secondary N) is 1. The van der Waals surface area contributed by atoms with Crippen molar-refractivity contribution >= 4 is 29.2 Å². The van der Waals surface area contributed by atoms with E-state index in [1.807, 2.05) is 0 Å². The van der Waals surface area contributed by atoms with Crippen LogP contribution < -0.4 is 5.32 Å². The highest BCUT2D eigenvalue weighted by molar-refractivity contribution is 6.34. The molecule has 0 saturated carbocycles. The number of aryl methyl sites for hydroxylation is 1. The molecule has 2 N–H and O–H groups in total. The second-order valence-corrected chi connectivity index (χ2v) is 4.53. The number of rotatable bonds is 3. The number of carboxylic acid groups (broad SMARTS) is 1. The molecule has 1 amide bonds. The van der Waals surface area contributed by atoms with Gasteiger partial charge in [-0.1, -0.05) is 17.7 Å². The normalized spacial score (nSPS) is 10.1. The molecule has 0 unspecified atom stereocenters. The van der Waals surface area contributed by atoms with Crippen LogP contribution in [0.2, 0.25) is 5.02 Å². The molecule has 1 aromatic carbocycles. The van der Waals surface area contributed by atoms with Gasteiger partial charge in [-0.2, -0.15) is 0 Å². The minimum atomic E-state index is -1.08. The summed E-state index contributed by atoms with van der Waals surface area (Å²) in [5.74, 6) is -1.48. The summed E-state index contributed by atoms with van der Waals surface area (Å²) >= 11 is 5.94. The van der Waals surface area contributed by atoms with Gasteiger partial charge in [-0.05, 0) is 37.3 Å². The van der Waals surface area contributed by atoms with Crippen molar-refractivity contribution in [3.05, 3.63) is 58.4 Å². The lowest BCUT2D eigenvalue weighted by Gasteiger charge is -2.07. The van der Waals surface area contributed by atoms with E-state index in [9.17, 15) is 9.59 Å². The molecule has 0 aliphatic heterocycles. The molecule has 6 heteroatoms. The number of benzene rings is 1. The highest BCUT2D eigenvalue weighted by atomic mass is 35.5. The van der Waals surface area contributed by atoms with Crippen molar-refractivity contribution in [1.29, 1.82) is 0 Å². The van der Waals surface area contributed by atoms with Crippen molar-refractivity contribution < 1.29 is 14.7 Å². The fourth-order valence-corrected chi connectivity index (χ4v) is 1.83. The molecule has 0 bridgehead atoms. The Bertz CT molecular complexity index is 686. The summed E-state index contributed by atoms with van der Waals surface area (Å²) in [4.78, 5) is 26.9. The Morgan fingerprint density at radius 1 is 1.25 bits per heavy atom. The second kappa shape index (κ2) is 5.71. The lowest BCUT2D eigenvalue weighted by Crippen LogP contribution is -2.14. The van der Waals surface area contributed by atoms with E-state index in [4.69, 9.17) is 16.7 Å². The first kappa shape index (κ1) is 14.0. The number of hydrogen-bond donors (Lipinski definition) is 2. The third-order valence-electron chi connectivity index (χ3n) is 2.59. The molecule has 0 atom stereocenters. The Morgan fingerprint density at radius 3 is 2.60 bits per heavy atom. The van der Waals surface area contributed by atoms with Gasteiger partial charge in [0.2, 0.25) is 0 Å². The first-order chi connectivity index (χ1) is 9.47. The van der Waals surface area contributed by atoms with Gasteiger partial charge in [0.25, 0.3) is 5.91 Å². The Labute approximate surface area is 120 Å². The maximum absolute atomic E-state index is 12.0. The van der Waals surface area contributed by atoms with Gasteiger partial charge in [0.15, 0.2) is 0 Å². The topological polar surface area (TPSA) is 79.3 Å². The summed E-state index contributed by atoms with van der Waals surface area (Å²) in [5, 5.41) is 11.6. The number of halogens is 1. The van der Waals surface area contributed by atoms with E-state index in [-0.39, 0.29) is 16.3 Å². The first-order valence-corrected chi connectivity index (χ1v) is 6.13. The van der Waals surface area contributed by atoms with Gasteiger partial charge < -0.3 is 10.4 Å². The fraction of sp³-hybridized carbons (Fsp3) is 0.0714.